The van der Waals surface area contributed by atoms with Crippen LogP contribution >= 0.6 is 0 Å². The molecule has 1 heterocycles. The van der Waals surface area contributed by atoms with Crippen molar-refractivity contribution in [3.05, 3.63) is 41.8 Å². The highest BCUT2D eigenvalue weighted by atomic mass is 16.5. The number of methoxy groups -OCH3 is 1. The quantitative estimate of drug-likeness (QED) is 0.734. The van der Waals surface area contributed by atoms with Crippen LogP contribution in [0.4, 0.5) is 0 Å². The molecule has 0 atom stereocenters. The third kappa shape index (κ3) is 2.16. The molecule has 0 spiro atoms. The topological polar surface area (TPSA) is 76.1 Å². The number of nitrogens with zero attached hydrogens (tertiary/aromatic N) is 2. The van der Waals surface area contributed by atoms with Crippen molar-refractivity contribution in [1.29, 1.82) is 5.26 Å². The van der Waals surface area contributed by atoms with Crippen LogP contribution in [0.2, 0.25) is 0 Å². The van der Waals surface area contributed by atoms with Gasteiger partial charge in [-0.3, -0.25) is 0 Å². The molecule has 0 bridgehead atoms. The van der Waals surface area contributed by atoms with Crippen molar-refractivity contribution < 1.29 is 13.9 Å². The van der Waals surface area contributed by atoms with E-state index in [9.17, 15) is 4.79 Å². The van der Waals surface area contributed by atoms with E-state index in [2.05, 4.69) is 9.72 Å². The maximum absolute atomic E-state index is 11.2. The summed E-state index contributed by atoms with van der Waals surface area (Å²) < 4.78 is 9.67. The number of oxazole rings is 1. The number of aromatic nitrogens is 1. The van der Waals surface area contributed by atoms with E-state index >= 15 is 0 Å². The Morgan fingerprint density at radius 2 is 2.35 bits per heavy atom. The number of ether oxygens (including phenoxy) is 1. The van der Waals surface area contributed by atoms with E-state index in [1.807, 2.05) is 6.07 Å². The van der Waals surface area contributed by atoms with Crippen molar-refractivity contribution >= 4 is 5.97 Å². The molecule has 0 unspecified atom stereocenters. The highest BCUT2D eigenvalue weighted by Crippen LogP contribution is 2.19. The molecule has 1 aromatic carbocycles. The molecular formula is C12H8N2O3. The Morgan fingerprint density at radius 1 is 1.53 bits per heavy atom. The van der Waals surface area contributed by atoms with Gasteiger partial charge in [0, 0.05) is 5.56 Å². The van der Waals surface area contributed by atoms with Gasteiger partial charge in [0.15, 0.2) is 5.69 Å². The molecule has 0 saturated carbocycles. The zero-order valence-corrected chi connectivity index (χ0v) is 9.01. The molecule has 0 N–H and O–H groups in total. The molecule has 84 valence electrons. The van der Waals surface area contributed by atoms with Gasteiger partial charge in [0.1, 0.15) is 6.26 Å². The van der Waals surface area contributed by atoms with E-state index in [1.165, 1.54) is 13.4 Å². The molecule has 0 fully saturated rings. The third-order valence-electron chi connectivity index (χ3n) is 2.14. The first-order valence-electron chi connectivity index (χ1n) is 4.79. The second-order valence-corrected chi connectivity index (χ2v) is 3.22. The van der Waals surface area contributed by atoms with Crippen LogP contribution in [0.1, 0.15) is 16.1 Å². The van der Waals surface area contributed by atoms with Crippen LogP contribution in [-0.2, 0) is 4.74 Å². The predicted octanol–water partition coefficient (Wildman–Crippen LogP) is 2.00. The molecule has 0 saturated heterocycles. The van der Waals surface area contributed by atoms with Crippen molar-refractivity contribution in [3.8, 4) is 17.5 Å². The van der Waals surface area contributed by atoms with Gasteiger partial charge >= 0.3 is 5.97 Å². The molecule has 2 rings (SSSR count). The minimum atomic E-state index is -0.559. The Hall–Kier alpha value is -2.61. The molecule has 0 aliphatic heterocycles. The average molecular weight is 228 g/mol. The molecule has 2 aromatic rings. The van der Waals surface area contributed by atoms with E-state index in [0.717, 1.165) is 0 Å². The summed E-state index contributed by atoms with van der Waals surface area (Å²) in [4.78, 5) is 15.2. The molecule has 5 heteroatoms. The van der Waals surface area contributed by atoms with Crippen LogP contribution in [0.5, 0.6) is 0 Å². The van der Waals surface area contributed by atoms with Gasteiger partial charge in [0.2, 0.25) is 5.89 Å². The Bertz CT molecular complexity index is 596. The Morgan fingerprint density at radius 3 is 3.06 bits per heavy atom. The predicted molar refractivity (Wildman–Crippen MR) is 58.0 cm³/mol. The molecule has 0 aliphatic carbocycles. The molecule has 0 amide bonds. The van der Waals surface area contributed by atoms with Crippen molar-refractivity contribution in [1.82, 2.24) is 4.98 Å². The van der Waals surface area contributed by atoms with Gasteiger partial charge in [0.25, 0.3) is 0 Å². The molecule has 1 aromatic heterocycles. The summed E-state index contributed by atoms with van der Waals surface area (Å²) in [6.07, 6.45) is 1.22. The fourth-order valence-electron chi connectivity index (χ4n) is 1.33. The minimum absolute atomic E-state index is 0.102. The van der Waals surface area contributed by atoms with Gasteiger partial charge in [-0.05, 0) is 18.2 Å². The maximum Gasteiger partial charge on any atom is 0.360 e. The van der Waals surface area contributed by atoms with Gasteiger partial charge < -0.3 is 9.15 Å². The fourth-order valence-corrected chi connectivity index (χ4v) is 1.33. The van der Waals surface area contributed by atoms with Crippen molar-refractivity contribution in [3.63, 3.8) is 0 Å². The first-order chi connectivity index (χ1) is 8.24. The number of hydrogen-bond donors (Lipinski definition) is 0. The maximum atomic E-state index is 11.2. The van der Waals surface area contributed by atoms with E-state index in [4.69, 9.17) is 9.68 Å². The summed E-state index contributed by atoms with van der Waals surface area (Å²) in [7, 11) is 1.27. The van der Waals surface area contributed by atoms with Crippen LogP contribution in [-0.4, -0.2) is 18.1 Å². The summed E-state index contributed by atoms with van der Waals surface area (Å²) in [5.41, 5.74) is 1.24. The standard InChI is InChI=1S/C12H8N2O3/c1-16-12(15)10-7-17-11(14-10)9-4-2-3-8(5-9)6-13/h2-5,7H,1H3. The molecule has 0 radical (unpaired) electrons. The van der Waals surface area contributed by atoms with Gasteiger partial charge in [-0.15, -0.1) is 0 Å². The zero-order valence-electron chi connectivity index (χ0n) is 9.01. The summed E-state index contributed by atoms with van der Waals surface area (Å²) in [6.45, 7) is 0. The monoisotopic (exact) mass is 228 g/mol. The van der Waals surface area contributed by atoms with Gasteiger partial charge in [-0.2, -0.15) is 5.26 Å². The van der Waals surface area contributed by atoms with Crippen LogP contribution in [0, 0.1) is 11.3 Å². The number of benzene rings is 1. The number of carbonyl (C=O) groups excluding carboxylic acids is 1. The van der Waals surface area contributed by atoms with Crippen molar-refractivity contribution in [2.45, 2.75) is 0 Å². The Kier molecular flexibility index (Phi) is 2.88. The molecule has 17 heavy (non-hydrogen) atoms. The smallest absolute Gasteiger partial charge is 0.360 e. The first kappa shape index (κ1) is 10.9. The molecule has 0 aliphatic rings. The molecular weight excluding hydrogens is 220 g/mol. The largest absolute Gasteiger partial charge is 0.464 e. The van der Waals surface area contributed by atoms with Crippen LogP contribution in [0.25, 0.3) is 11.5 Å². The van der Waals surface area contributed by atoms with E-state index < -0.39 is 5.97 Å². The Balaban J connectivity index is 2.37. The number of nitriles is 1. The fraction of sp³-hybridized carbons (Fsp3) is 0.0833. The minimum Gasteiger partial charge on any atom is -0.464 e. The van der Waals surface area contributed by atoms with E-state index in [-0.39, 0.29) is 11.6 Å². The third-order valence-corrected chi connectivity index (χ3v) is 2.14. The van der Waals surface area contributed by atoms with Crippen LogP contribution in [0.15, 0.2) is 34.9 Å². The second-order valence-electron chi connectivity index (χ2n) is 3.22. The summed E-state index contributed by atoms with van der Waals surface area (Å²) in [6, 6.07) is 8.78. The number of hydrogen-bond acceptors (Lipinski definition) is 5. The zero-order chi connectivity index (χ0) is 12.3. The van der Waals surface area contributed by atoms with Crippen molar-refractivity contribution in [2.75, 3.05) is 7.11 Å². The number of carbonyl (C=O) groups is 1. The van der Waals surface area contributed by atoms with Gasteiger partial charge in [-0.1, -0.05) is 6.07 Å². The van der Waals surface area contributed by atoms with Gasteiger partial charge in [-0.25, -0.2) is 9.78 Å². The summed E-state index contributed by atoms with van der Waals surface area (Å²) >= 11 is 0. The normalized spacial score (nSPS) is 9.65. The summed E-state index contributed by atoms with van der Waals surface area (Å²) in [5.74, 6) is -0.279. The lowest BCUT2D eigenvalue weighted by atomic mass is 10.1. The second kappa shape index (κ2) is 4.49. The Labute approximate surface area is 97.3 Å². The van der Waals surface area contributed by atoms with E-state index in [0.29, 0.717) is 11.1 Å². The summed E-state index contributed by atoms with van der Waals surface area (Å²) in [5, 5.41) is 8.77. The average Bonchev–Trinajstić information content (AvgIpc) is 2.87. The lowest BCUT2D eigenvalue weighted by Gasteiger charge is -1.94. The molecule has 5 nitrogen and oxygen atoms in total. The van der Waals surface area contributed by atoms with Crippen LogP contribution in [0.3, 0.4) is 0 Å². The highest BCUT2D eigenvalue weighted by Gasteiger charge is 2.13. The van der Waals surface area contributed by atoms with E-state index in [1.54, 1.807) is 24.3 Å². The van der Waals surface area contributed by atoms with Gasteiger partial charge in [0.05, 0.1) is 18.7 Å². The lowest BCUT2D eigenvalue weighted by molar-refractivity contribution is 0.0594. The van der Waals surface area contributed by atoms with Crippen molar-refractivity contribution in [2.24, 2.45) is 0 Å². The first-order valence-corrected chi connectivity index (χ1v) is 4.79. The van der Waals surface area contributed by atoms with Crippen LogP contribution < -0.4 is 0 Å². The highest BCUT2D eigenvalue weighted by molar-refractivity contribution is 5.87. The SMILES string of the molecule is COC(=O)c1coc(-c2cccc(C#N)c2)n1. The lowest BCUT2D eigenvalue weighted by Crippen LogP contribution is -2.00. The number of esters is 1. The number of rotatable bonds is 2.